The fourth-order valence-electron chi connectivity index (χ4n) is 6.30. The molecule has 0 radical (unpaired) electrons. The van der Waals surface area contributed by atoms with Crippen molar-refractivity contribution in [1.29, 1.82) is 0 Å². The zero-order valence-electron chi connectivity index (χ0n) is 25.4. The third kappa shape index (κ3) is 10.6. The summed E-state index contributed by atoms with van der Waals surface area (Å²) in [4.78, 5) is 0. The van der Waals surface area contributed by atoms with Crippen molar-refractivity contribution < 1.29 is 9.13 Å². The van der Waals surface area contributed by atoms with Gasteiger partial charge in [0.25, 0.3) is 0 Å². The summed E-state index contributed by atoms with van der Waals surface area (Å²) in [5.41, 5.74) is 7.59. The third-order valence-corrected chi connectivity index (χ3v) is 8.91. The summed E-state index contributed by atoms with van der Waals surface area (Å²) in [5.74, 6) is 1.48. The first-order valence-electron chi connectivity index (χ1n) is 16.3. The van der Waals surface area contributed by atoms with Crippen LogP contribution in [0.2, 0.25) is 0 Å². The minimum Gasteiger partial charge on any atom is -0.377 e. The SMILES string of the molecule is C=CCC1CCC(c2ccc(CCCCc3ccc(CCCCc4ccc(COCCC)c(F)c4)cc3)cc2)CC1. The van der Waals surface area contributed by atoms with Crippen molar-refractivity contribution in [2.75, 3.05) is 6.61 Å². The summed E-state index contributed by atoms with van der Waals surface area (Å²) >= 11 is 0. The smallest absolute Gasteiger partial charge is 0.128 e. The number of unbranched alkanes of at least 4 members (excludes halogenated alkanes) is 2. The Morgan fingerprint density at radius 1 is 0.732 bits per heavy atom. The van der Waals surface area contributed by atoms with Gasteiger partial charge in [0.15, 0.2) is 0 Å². The fourth-order valence-corrected chi connectivity index (χ4v) is 6.30. The number of hydrogen-bond acceptors (Lipinski definition) is 1. The molecule has 41 heavy (non-hydrogen) atoms. The highest BCUT2D eigenvalue weighted by atomic mass is 19.1. The van der Waals surface area contributed by atoms with Crippen LogP contribution in [0.5, 0.6) is 0 Å². The van der Waals surface area contributed by atoms with Crippen LogP contribution < -0.4 is 0 Å². The second-order valence-electron chi connectivity index (χ2n) is 12.2. The molecule has 220 valence electrons. The Balaban J connectivity index is 1.09. The quantitative estimate of drug-likeness (QED) is 0.119. The Bertz CT molecular complexity index is 1160. The van der Waals surface area contributed by atoms with E-state index < -0.39 is 0 Å². The first-order valence-corrected chi connectivity index (χ1v) is 16.3. The van der Waals surface area contributed by atoms with Crippen LogP contribution in [0.3, 0.4) is 0 Å². The van der Waals surface area contributed by atoms with Crippen LogP contribution in [0.4, 0.5) is 4.39 Å². The number of benzene rings is 3. The van der Waals surface area contributed by atoms with Gasteiger partial charge >= 0.3 is 0 Å². The maximum atomic E-state index is 14.3. The zero-order chi connectivity index (χ0) is 28.7. The van der Waals surface area contributed by atoms with Crippen molar-refractivity contribution in [1.82, 2.24) is 0 Å². The molecule has 0 aromatic heterocycles. The predicted molar refractivity (Wildman–Crippen MR) is 172 cm³/mol. The Kier molecular flexibility index (Phi) is 13.2. The van der Waals surface area contributed by atoms with Crippen molar-refractivity contribution in [3.8, 4) is 0 Å². The average Bonchev–Trinajstić information content (AvgIpc) is 3.00. The van der Waals surface area contributed by atoms with E-state index in [9.17, 15) is 4.39 Å². The van der Waals surface area contributed by atoms with Gasteiger partial charge in [-0.15, -0.1) is 6.58 Å². The molecule has 0 spiro atoms. The van der Waals surface area contributed by atoms with E-state index in [2.05, 4.69) is 74.2 Å². The molecular weight excluding hydrogens is 503 g/mol. The van der Waals surface area contributed by atoms with E-state index >= 15 is 0 Å². The molecule has 4 rings (SSSR count). The van der Waals surface area contributed by atoms with Gasteiger partial charge in [-0.2, -0.15) is 0 Å². The number of rotatable bonds is 17. The second-order valence-corrected chi connectivity index (χ2v) is 12.2. The first-order chi connectivity index (χ1) is 20.1. The summed E-state index contributed by atoms with van der Waals surface area (Å²) in [7, 11) is 0. The standard InChI is InChI=1S/C39H51FO/c1-3-9-31-18-23-36(24-19-31)37-25-20-34(21-26-37)12-6-5-10-32-14-16-33(17-15-32)11-7-8-13-35-22-27-38(39(40)29-35)30-41-28-4-2/h3,14-17,20-22,25-27,29,31,36H,1,4-13,18-19,23-24,28,30H2,2H3. The molecule has 1 nitrogen and oxygen atoms in total. The third-order valence-electron chi connectivity index (χ3n) is 8.91. The van der Waals surface area contributed by atoms with Gasteiger partial charge in [0, 0.05) is 12.2 Å². The molecule has 3 aromatic carbocycles. The topological polar surface area (TPSA) is 9.23 Å². The van der Waals surface area contributed by atoms with E-state index in [0.29, 0.717) is 18.8 Å². The molecular formula is C39H51FO. The molecule has 0 heterocycles. The van der Waals surface area contributed by atoms with Crippen molar-refractivity contribution in [2.24, 2.45) is 5.92 Å². The predicted octanol–water partition coefficient (Wildman–Crippen LogP) is 10.7. The summed E-state index contributed by atoms with van der Waals surface area (Å²) in [5, 5.41) is 0. The number of allylic oxidation sites excluding steroid dienone is 1. The second kappa shape index (κ2) is 17.3. The van der Waals surface area contributed by atoms with Crippen LogP contribution in [-0.2, 0) is 37.0 Å². The normalized spacial score (nSPS) is 17.0. The van der Waals surface area contributed by atoms with Gasteiger partial charge in [-0.05, 0) is 136 Å². The molecule has 0 aliphatic heterocycles. The van der Waals surface area contributed by atoms with E-state index in [0.717, 1.165) is 55.9 Å². The lowest BCUT2D eigenvalue weighted by Crippen LogP contribution is -2.12. The van der Waals surface area contributed by atoms with Gasteiger partial charge in [0.05, 0.1) is 6.61 Å². The molecule has 3 aromatic rings. The van der Waals surface area contributed by atoms with Crippen LogP contribution in [0.25, 0.3) is 0 Å². The number of halogens is 1. The highest BCUT2D eigenvalue weighted by Gasteiger charge is 2.21. The molecule has 0 bridgehead atoms. The minimum atomic E-state index is -0.139. The van der Waals surface area contributed by atoms with Crippen LogP contribution in [-0.4, -0.2) is 6.61 Å². The van der Waals surface area contributed by atoms with Crippen LogP contribution in [0.15, 0.2) is 79.4 Å². The van der Waals surface area contributed by atoms with Gasteiger partial charge in [-0.1, -0.05) is 73.7 Å². The van der Waals surface area contributed by atoms with Crippen molar-refractivity contribution in [3.05, 3.63) is 119 Å². The average molecular weight is 555 g/mol. The maximum Gasteiger partial charge on any atom is 0.128 e. The summed E-state index contributed by atoms with van der Waals surface area (Å²) in [6.07, 6.45) is 18.6. The Labute approximate surface area is 249 Å². The fraction of sp³-hybridized carbons (Fsp3) is 0.487. The van der Waals surface area contributed by atoms with Crippen LogP contribution >= 0.6 is 0 Å². The molecule has 0 amide bonds. The Morgan fingerprint density at radius 3 is 1.76 bits per heavy atom. The van der Waals surface area contributed by atoms with Gasteiger partial charge in [0.2, 0.25) is 0 Å². The molecule has 1 fully saturated rings. The Morgan fingerprint density at radius 2 is 1.24 bits per heavy atom. The largest absolute Gasteiger partial charge is 0.377 e. The van der Waals surface area contributed by atoms with Gasteiger partial charge < -0.3 is 4.74 Å². The van der Waals surface area contributed by atoms with Crippen LogP contribution in [0.1, 0.15) is 110 Å². The summed E-state index contributed by atoms with van der Waals surface area (Å²) < 4.78 is 19.8. The number of aryl methyl sites for hydroxylation is 4. The van der Waals surface area contributed by atoms with Crippen molar-refractivity contribution in [3.63, 3.8) is 0 Å². The zero-order valence-corrected chi connectivity index (χ0v) is 25.4. The van der Waals surface area contributed by atoms with E-state index in [4.69, 9.17) is 4.74 Å². The molecule has 0 unspecified atom stereocenters. The lowest BCUT2D eigenvalue weighted by Gasteiger charge is -2.28. The van der Waals surface area contributed by atoms with Crippen LogP contribution in [0, 0.1) is 11.7 Å². The van der Waals surface area contributed by atoms with Gasteiger partial charge in [-0.25, -0.2) is 4.39 Å². The summed E-state index contributed by atoms with van der Waals surface area (Å²) in [6.45, 7) is 7.01. The van der Waals surface area contributed by atoms with Crippen molar-refractivity contribution >= 4 is 0 Å². The highest BCUT2D eigenvalue weighted by molar-refractivity contribution is 5.27. The maximum absolute atomic E-state index is 14.3. The van der Waals surface area contributed by atoms with Gasteiger partial charge in [-0.3, -0.25) is 0 Å². The van der Waals surface area contributed by atoms with E-state index in [-0.39, 0.29) is 5.82 Å². The monoisotopic (exact) mass is 554 g/mol. The number of ether oxygens (including phenoxy) is 1. The van der Waals surface area contributed by atoms with E-state index in [1.807, 2.05) is 6.07 Å². The first kappa shape index (κ1) is 31.2. The molecule has 1 saturated carbocycles. The molecule has 0 atom stereocenters. The van der Waals surface area contributed by atoms with Gasteiger partial charge in [0.1, 0.15) is 5.82 Å². The Hall–Kier alpha value is -2.71. The molecule has 1 aliphatic rings. The lowest BCUT2D eigenvalue weighted by atomic mass is 9.77. The lowest BCUT2D eigenvalue weighted by molar-refractivity contribution is 0.119. The molecule has 0 N–H and O–H groups in total. The van der Waals surface area contributed by atoms with E-state index in [1.165, 1.54) is 68.1 Å². The molecule has 1 aliphatic carbocycles. The molecule has 2 heteroatoms. The van der Waals surface area contributed by atoms with E-state index in [1.54, 1.807) is 11.6 Å². The summed E-state index contributed by atoms with van der Waals surface area (Å²) in [6, 6.07) is 24.4. The van der Waals surface area contributed by atoms with Crippen molar-refractivity contribution in [2.45, 2.75) is 109 Å². The highest BCUT2D eigenvalue weighted by Crippen LogP contribution is 2.37. The minimum absolute atomic E-state index is 0.139. The molecule has 0 saturated heterocycles. The number of hydrogen-bond donors (Lipinski definition) is 0.